The number of carboxylic acids is 1. The number of carbonyl (C=O) groups is 2. The summed E-state index contributed by atoms with van der Waals surface area (Å²) in [6.07, 6.45) is 0. The normalized spacial score (nSPS) is 10.9. The molecule has 2 heterocycles. The third-order valence-corrected chi connectivity index (χ3v) is 4.03. The van der Waals surface area contributed by atoms with Gasteiger partial charge in [-0.15, -0.1) is 11.3 Å². The van der Waals surface area contributed by atoms with Crippen molar-refractivity contribution in [2.24, 2.45) is 0 Å². The molecule has 21 heavy (non-hydrogen) atoms. The van der Waals surface area contributed by atoms with E-state index in [4.69, 9.17) is 5.11 Å². The molecule has 0 unspecified atom stereocenters. The molecule has 1 amide bonds. The summed E-state index contributed by atoms with van der Waals surface area (Å²) in [4.78, 5) is 36.9. The van der Waals surface area contributed by atoms with Gasteiger partial charge in [-0.2, -0.15) is 0 Å². The zero-order valence-electron chi connectivity index (χ0n) is 10.7. The molecule has 0 spiro atoms. The topological polar surface area (TPSA) is 99.3 Å². The van der Waals surface area contributed by atoms with Crippen LogP contribution in [0.2, 0.25) is 0 Å². The number of hydrogen-bond acceptors (Lipinski definition) is 4. The number of rotatable bonds is 3. The number of thiophene rings is 1. The highest BCUT2D eigenvalue weighted by atomic mass is 32.1. The van der Waals surface area contributed by atoms with Crippen LogP contribution in [0.4, 0.5) is 0 Å². The molecule has 0 atom stereocenters. The first-order valence-corrected chi connectivity index (χ1v) is 6.97. The number of benzene rings is 1. The molecule has 0 saturated carbocycles. The molecule has 0 radical (unpaired) electrons. The lowest BCUT2D eigenvalue weighted by molar-refractivity contribution is -0.135. The van der Waals surface area contributed by atoms with Gasteiger partial charge in [-0.25, -0.2) is 0 Å². The van der Waals surface area contributed by atoms with Gasteiger partial charge in [0.05, 0.1) is 10.9 Å². The van der Waals surface area contributed by atoms with Crippen LogP contribution in [0.1, 0.15) is 10.4 Å². The van der Waals surface area contributed by atoms with Crippen molar-refractivity contribution in [1.82, 2.24) is 10.3 Å². The number of pyridine rings is 1. The quantitative estimate of drug-likeness (QED) is 0.683. The number of nitrogens with one attached hydrogen (secondary N) is 2. The Bertz CT molecular complexity index is 926. The Morgan fingerprint density at radius 3 is 2.81 bits per heavy atom. The van der Waals surface area contributed by atoms with Crippen LogP contribution in [-0.4, -0.2) is 28.5 Å². The second-order valence-electron chi connectivity index (χ2n) is 4.45. The van der Waals surface area contributed by atoms with E-state index in [0.717, 1.165) is 10.1 Å². The maximum Gasteiger partial charge on any atom is 0.322 e. The molecule has 6 nitrogen and oxygen atoms in total. The monoisotopic (exact) mass is 302 g/mol. The Morgan fingerprint density at radius 1 is 1.24 bits per heavy atom. The Balaban J connectivity index is 2.08. The molecule has 0 saturated heterocycles. The smallest absolute Gasteiger partial charge is 0.322 e. The van der Waals surface area contributed by atoms with E-state index < -0.39 is 18.4 Å². The molecule has 3 N–H and O–H groups in total. The van der Waals surface area contributed by atoms with Crippen LogP contribution in [0.25, 0.3) is 21.0 Å². The standard InChI is InChI=1S/C14H10N2O4S/c17-11(18)6-15-13(19)7-1-2-8-10(5-7)16-14(20)9-3-4-21-12(8)9/h1-5H,6H2,(H,15,19)(H,16,20)(H,17,18). The fraction of sp³-hybridized carbons (Fsp3) is 0.0714. The van der Waals surface area contributed by atoms with Gasteiger partial charge in [-0.1, -0.05) is 6.07 Å². The summed E-state index contributed by atoms with van der Waals surface area (Å²) >= 11 is 1.46. The number of carbonyl (C=O) groups excluding carboxylic acids is 1. The zero-order valence-corrected chi connectivity index (χ0v) is 11.5. The highest BCUT2D eigenvalue weighted by molar-refractivity contribution is 7.18. The fourth-order valence-electron chi connectivity index (χ4n) is 2.13. The number of amides is 1. The molecule has 0 bridgehead atoms. The first-order valence-electron chi connectivity index (χ1n) is 6.09. The zero-order chi connectivity index (χ0) is 15.0. The van der Waals surface area contributed by atoms with E-state index in [2.05, 4.69) is 10.3 Å². The Kier molecular flexibility index (Phi) is 3.19. The van der Waals surface area contributed by atoms with E-state index in [-0.39, 0.29) is 5.56 Å². The minimum atomic E-state index is -1.11. The van der Waals surface area contributed by atoms with Crippen LogP contribution < -0.4 is 10.9 Å². The van der Waals surface area contributed by atoms with Crippen molar-refractivity contribution in [3.05, 3.63) is 45.6 Å². The van der Waals surface area contributed by atoms with Gasteiger partial charge >= 0.3 is 5.97 Å². The van der Waals surface area contributed by atoms with Gasteiger partial charge in [-0.3, -0.25) is 14.4 Å². The molecule has 7 heteroatoms. The number of H-pyrrole nitrogens is 1. The summed E-state index contributed by atoms with van der Waals surface area (Å²) in [5, 5.41) is 14.2. The van der Waals surface area contributed by atoms with Crippen LogP contribution in [-0.2, 0) is 4.79 Å². The maximum atomic E-state index is 11.9. The fourth-order valence-corrected chi connectivity index (χ4v) is 3.06. The molecule has 0 aliphatic rings. The lowest BCUT2D eigenvalue weighted by Crippen LogP contribution is -2.29. The van der Waals surface area contributed by atoms with Crippen LogP contribution in [0.3, 0.4) is 0 Å². The van der Waals surface area contributed by atoms with Crippen LogP contribution >= 0.6 is 11.3 Å². The van der Waals surface area contributed by atoms with Crippen LogP contribution in [0.15, 0.2) is 34.4 Å². The molecule has 2 aromatic heterocycles. The number of aliphatic carboxylic acids is 1. The Hall–Kier alpha value is -2.67. The van der Waals surface area contributed by atoms with Crippen molar-refractivity contribution in [2.75, 3.05) is 6.54 Å². The van der Waals surface area contributed by atoms with E-state index in [1.54, 1.807) is 24.3 Å². The summed E-state index contributed by atoms with van der Waals surface area (Å²) < 4.78 is 0.867. The molecule has 3 aromatic rings. The predicted octanol–water partition coefficient (Wildman–Crippen LogP) is 1.56. The van der Waals surface area contributed by atoms with E-state index in [1.807, 2.05) is 5.38 Å². The maximum absolute atomic E-state index is 11.9. The van der Waals surface area contributed by atoms with Gasteiger partial charge in [0.1, 0.15) is 6.54 Å². The highest BCUT2D eigenvalue weighted by Gasteiger charge is 2.11. The predicted molar refractivity (Wildman–Crippen MR) is 79.9 cm³/mol. The summed E-state index contributed by atoms with van der Waals surface area (Å²) in [6, 6.07) is 6.66. The number of hydrogen-bond donors (Lipinski definition) is 3. The Labute approximate surface area is 122 Å². The minimum Gasteiger partial charge on any atom is -0.480 e. The van der Waals surface area contributed by atoms with Crippen molar-refractivity contribution in [3.63, 3.8) is 0 Å². The van der Waals surface area contributed by atoms with Gasteiger partial charge in [0, 0.05) is 15.6 Å². The van der Waals surface area contributed by atoms with Crippen molar-refractivity contribution in [1.29, 1.82) is 0 Å². The number of fused-ring (bicyclic) bond motifs is 3. The molecule has 0 fully saturated rings. The van der Waals surface area contributed by atoms with Gasteiger partial charge in [0.15, 0.2) is 0 Å². The van der Waals surface area contributed by atoms with Gasteiger partial charge < -0.3 is 15.4 Å². The van der Waals surface area contributed by atoms with Crippen molar-refractivity contribution < 1.29 is 14.7 Å². The second-order valence-corrected chi connectivity index (χ2v) is 5.37. The number of aromatic nitrogens is 1. The van der Waals surface area contributed by atoms with Gasteiger partial charge in [0.2, 0.25) is 0 Å². The second kappa shape index (κ2) is 5.02. The lowest BCUT2D eigenvalue weighted by atomic mass is 10.1. The molecule has 1 aromatic carbocycles. The number of carboxylic acid groups (broad SMARTS) is 1. The average molecular weight is 302 g/mol. The highest BCUT2D eigenvalue weighted by Crippen LogP contribution is 2.26. The largest absolute Gasteiger partial charge is 0.480 e. The molecule has 0 aliphatic heterocycles. The van der Waals surface area contributed by atoms with Crippen LogP contribution in [0, 0.1) is 0 Å². The van der Waals surface area contributed by atoms with Crippen molar-refractivity contribution in [2.45, 2.75) is 0 Å². The molecule has 106 valence electrons. The number of aromatic amines is 1. The molecule has 3 rings (SSSR count). The van der Waals surface area contributed by atoms with E-state index in [0.29, 0.717) is 16.5 Å². The third-order valence-electron chi connectivity index (χ3n) is 3.08. The third kappa shape index (κ3) is 2.38. The van der Waals surface area contributed by atoms with Crippen molar-refractivity contribution >= 4 is 44.2 Å². The minimum absolute atomic E-state index is 0.207. The van der Waals surface area contributed by atoms with Crippen molar-refractivity contribution in [3.8, 4) is 0 Å². The summed E-state index contributed by atoms with van der Waals surface area (Å²) in [6.45, 7) is -0.447. The SMILES string of the molecule is O=C(O)CNC(=O)c1ccc2c(c1)[nH]c(=O)c1ccsc12. The first-order chi connectivity index (χ1) is 10.1. The van der Waals surface area contributed by atoms with Gasteiger partial charge in [-0.05, 0) is 23.6 Å². The summed E-state index contributed by atoms with van der Waals surface area (Å²) in [5.41, 5.74) is 0.648. The van der Waals surface area contributed by atoms with Gasteiger partial charge in [0.25, 0.3) is 11.5 Å². The summed E-state index contributed by atoms with van der Waals surface area (Å²) in [5.74, 6) is -1.61. The average Bonchev–Trinajstić information content (AvgIpc) is 2.94. The van der Waals surface area contributed by atoms with Crippen LogP contribution in [0.5, 0.6) is 0 Å². The molecule has 0 aliphatic carbocycles. The lowest BCUT2D eigenvalue weighted by Gasteiger charge is -2.05. The Morgan fingerprint density at radius 2 is 2.05 bits per heavy atom. The molecular formula is C14H10N2O4S. The van der Waals surface area contributed by atoms with E-state index in [1.165, 1.54) is 11.3 Å². The first kappa shape index (κ1) is 13.3. The van der Waals surface area contributed by atoms with E-state index in [9.17, 15) is 14.4 Å². The summed E-state index contributed by atoms with van der Waals surface area (Å²) in [7, 11) is 0. The molecular weight excluding hydrogens is 292 g/mol. The van der Waals surface area contributed by atoms with E-state index >= 15 is 0 Å².